The van der Waals surface area contributed by atoms with Crippen molar-refractivity contribution in [3.05, 3.63) is 66.1 Å². The maximum absolute atomic E-state index is 13.6. The van der Waals surface area contributed by atoms with E-state index in [1.807, 2.05) is 13.8 Å². The highest BCUT2D eigenvalue weighted by molar-refractivity contribution is 7.89. The molecule has 24 heavy (non-hydrogen) atoms. The molecule has 0 saturated carbocycles. The van der Waals surface area contributed by atoms with Crippen molar-refractivity contribution in [2.24, 2.45) is 0 Å². The Labute approximate surface area is 140 Å². The summed E-state index contributed by atoms with van der Waals surface area (Å²) < 4.78 is 41.0. The highest BCUT2D eigenvalue weighted by Crippen LogP contribution is 2.30. The van der Waals surface area contributed by atoms with E-state index in [2.05, 4.69) is 9.71 Å². The first kappa shape index (κ1) is 16.7. The fraction of sp³-hybridized carbons (Fsp3) is 0.222. The molecule has 0 amide bonds. The van der Waals surface area contributed by atoms with E-state index in [1.165, 1.54) is 12.1 Å². The molecule has 1 aromatic heterocycles. The van der Waals surface area contributed by atoms with Gasteiger partial charge in [-0.25, -0.2) is 17.5 Å². The fourth-order valence-electron chi connectivity index (χ4n) is 2.71. The summed E-state index contributed by atoms with van der Waals surface area (Å²) in [6.07, 6.45) is 1.81. The van der Waals surface area contributed by atoms with Crippen molar-refractivity contribution >= 4 is 20.9 Å². The third-order valence-corrected chi connectivity index (χ3v) is 5.55. The van der Waals surface area contributed by atoms with Crippen LogP contribution in [0.3, 0.4) is 0 Å². The number of sulfonamides is 1. The molecular formula is C18H19FN2O2S. The van der Waals surface area contributed by atoms with Crippen molar-refractivity contribution in [3.8, 4) is 0 Å². The number of halogens is 1. The van der Waals surface area contributed by atoms with Gasteiger partial charge in [0.25, 0.3) is 0 Å². The normalized spacial score (nSPS) is 12.6. The van der Waals surface area contributed by atoms with Gasteiger partial charge in [-0.3, -0.25) is 0 Å². The van der Waals surface area contributed by atoms with Gasteiger partial charge in [0.15, 0.2) is 0 Å². The molecule has 6 heteroatoms. The fourth-order valence-corrected chi connectivity index (χ4v) is 3.94. The highest BCUT2D eigenvalue weighted by Gasteiger charge is 2.26. The van der Waals surface area contributed by atoms with Gasteiger partial charge in [-0.15, -0.1) is 0 Å². The molecule has 3 rings (SSSR count). The summed E-state index contributed by atoms with van der Waals surface area (Å²) in [6.45, 7) is 4.05. The highest BCUT2D eigenvalue weighted by atomic mass is 32.2. The van der Waals surface area contributed by atoms with E-state index < -0.39 is 15.4 Å². The molecule has 0 spiro atoms. The molecule has 3 aromatic rings. The Morgan fingerprint density at radius 2 is 1.83 bits per heavy atom. The zero-order valence-corrected chi connectivity index (χ0v) is 14.3. The molecule has 0 saturated heterocycles. The minimum atomic E-state index is -3.58. The molecule has 2 N–H and O–H groups in total. The molecule has 0 bridgehead atoms. The Morgan fingerprint density at radius 3 is 2.54 bits per heavy atom. The first-order chi connectivity index (χ1) is 11.3. The van der Waals surface area contributed by atoms with Gasteiger partial charge in [-0.1, -0.05) is 32.0 Å². The van der Waals surface area contributed by atoms with Gasteiger partial charge in [0.1, 0.15) is 5.82 Å². The van der Waals surface area contributed by atoms with Gasteiger partial charge >= 0.3 is 0 Å². The first-order valence-corrected chi connectivity index (χ1v) is 9.10. The maximum Gasteiger partial charge on any atom is 0.240 e. The maximum atomic E-state index is 13.6. The van der Waals surface area contributed by atoms with Crippen LogP contribution in [0.5, 0.6) is 0 Å². The largest absolute Gasteiger partial charge is 0.361 e. The number of aromatic nitrogens is 1. The number of nitrogens with one attached hydrogen (secondary N) is 2. The van der Waals surface area contributed by atoms with Gasteiger partial charge < -0.3 is 4.98 Å². The summed E-state index contributed by atoms with van der Waals surface area (Å²) in [5, 5.41) is 0.763. The Hall–Kier alpha value is -2.18. The van der Waals surface area contributed by atoms with Crippen molar-refractivity contribution < 1.29 is 12.8 Å². The average Bonchev–Trinajstić information content (AvgIpc) is 2.98. The number of fused-ring (bicyclic) bond motifs is 1. The third-order valence-electron chi connectivity index (χ3n) is 4.13. The molecule has 0 aliphatic heterocycles. The van der Waals surface area contributed by atoms with Crippen molar-refractivity contribution in [2.75, 3.05) is 6.54 Å². The predicted molar refractivity (Wildman–Crippen MR) is 92.9 cm³/mol. The van der Waals surface area contributed by atoms with Crippen LogP contribution < -0.4 is 4.72 Å². The van der Waals surface area contributed by atoms with Crippen LogP contribution >= 0.6 is 0 Å². The van der Waals surface area contributed by atoms with Crippen LogP contribution in [0.15, 0.2) is 59.6 Å². The summed E-state index contributed by atoms with van der Waals surface area (Å²) in [6, 6.07) is 12.8. The van der Waals surface area contributed by atoms with Crippen molar-refractivity contribution in [3.63, 3.8) is 0 Å². The van der Waals surface area contributed by atoms with E-state index in [1.54, 1.807) is 42.6 Å². The second kappa shape index (κ2) is 6.03. The average molecular weight is 346 g/mol. The van der Waals surface area contributed by atoms with Crippen LogP contribution in [0.25, 0.3) is 10.9 Å². The summed E-state index contributed by atoms with van der Waals surface area (Å²) in [5.41, 5.74) is 1.19. The van der Waals surface area contributed by atoms with Crippen LogP contribution in [-0.2, 0) is 15.4 Å². The summed E-state index contributed by atoms with van der Waals surface area (Å²) in [4.78, 5) is 3.33. The zero-order chi connectivity index (χ0) is 17.4. The monoisotopic (exact) mass is 346 g/mol. The quantitative estimate of drug-likeness (QED) is 0.742. The molecule has 4 nitrogen and oxygen atoms in total. The molecule has 1 heterocycles. The zero-order valence-electron chi connectivity index (χ0n) is 13.5. The molecule has 2 aromatic carbocycles. The van der Waals surface area contributed by atoms with E-state index >= 15 is 0 Å². The number of hydrogen-bond acceptors (Lipinski definition) is 2. The van der Waals surface area contributed by atoms with E-state index in [0.717, 1.165) is 16.5 Å². The minimum Gasteiger partial charge on any atom is -0.361 e. The Bertz CT molecular complexity index is 963. The van der Waals surface area contributed by atoms with Crippen LogP contribution in [0, 0.1) is 5.82 Å². The van der Waals surface area contributed by atoms with Gasteiger partial charge in [0, 0.05) is 29.1 Å². The van der Waals surface area contributed by atoms with Crippen molar-refractivity contribution in [2.45, 2.75) is 24.2 Å². The summed E-state index contributed by atoms with van der Waals surface area (Å²) in [7, 11) is -3.58. The Kier molecular flexibility index (Phi) is 4.19. The van der Waals surface area contributed by atoms with Crippen LogP contribution in [0.1, 0.15) is 19.4 Å². The Balaban J connectivity index is 1.87. The van der Waals surface area contributed by atoms with Crippen molar-refractivity contribution in [1.82, 2.24) is 9.71 Å². The van der Waals surface area contributed by atoms with E-state index in [9.17, 15) is 12.8 Å². The third kappa shape index (κ3) is 3.20. The number of hydrogen-bond donors (Lipinski definition) is 2. The lowest BCUT2D eigenvalue weighted by Gasteiger charge is -2.25. The standard InChI is InChI=1S/C18H19FN2O2S/c1-18(2,12-21-24(22,23)14-6-4-3-5-7-14)16-11-20-17-9-8-13(19)10-15(16)17/h3-11,20-21H,12H2,1-2H3. The Morgan fingerprint density at radius 1 is 1.12 bits per heavy atom. The summed E-state index contributed by atoms with van der Waals surface area (Å²) in [5.74, 6) is -0.316. The van der Waals surface area contributed by atoms with Gasteiger partial charge in [-0.05, 0) is 35.9 Å². The molecule has 0 atom stereocenters. The van der Waals surface area contributed by atoms with Crippen molar-refractivity contribution in [1.29, 1.82) is 0 Å². The molecule has 0 radical (unpaired) electrons. The summed E-state index contributed by atoms with van der Waals surface area (Å²) >= 11 is 0. The van der Waals surface area contributed by atoms with Crippen LogP contribution in [-0.4, -0.2) is 19.9 Å². The smallest absolute Gasteiger partial charge is 0.240 e. The van der Waals surface area contributed by atoms with Crippen LogP contribution in [0.4, 0.5) is 4.39 Å². The second-order valence-corrected chi connectivity index (χ2v) is 8.18. The molecule has 0 aliphatic carbocycles. The lowest BCUT2D eigenvalue weighted by molar-refractivity contribution is 0.504. The van der Waals surface area contributed by atoms with E-state index in [-0.39, 0.29) is 17.3 Å². The molecule has 126 valence electrons. The van der Waals surface area contributed by atoms with E-state index in [4.69, 9.17) is 0 Å². The molecule has 0 aliphatic rings. The van der Waals surface area contributed by atoms with Gasteiger partial charge in [0.05, 0.1) is 4.90 Å². The molecule has 0 fully saturated rings. The van der Waals surface area contributed by atoms with E-state index in [0.29, 0.717) is 0 Å². The van der Waals surface area contributed by atoms with Gasteiger partial charge in [0.2, 0.25) is 10.0 Å². The van der Waals surface area contributed by atoms with Gasteiger partial charge in [-0.2, -0.15) is 0 Å². The lowest BCUT2D eigenvalue weighted by Crippen LogP contribution is -2.36. The first-order valence-electron chi connectivity index (χ1n) is 7.61. The van der Waals surface area contributed by atoms with Crippen LogP contribution in [0.2, 0.25) is 0 Å². The SMILES string of the molecule is CC(C)(CNS(=O)(=O)c1ccccc1)c1c[nH]c2ccc(F)cc12. The number of H-pyrrole nitrogens is 1. The molecule has 0 unspecified atom stereocenters. The number of benzene rings is 2. The number of aromatic amines is 1. The number of rotatable bonds is 5. The second-order valence-electron chi connectivity index (χ2n) is 6.41. The lowest BCUT2D eigenvalue weighted by atomic mass is 9.85. The molecular weight excluding hydrogens is 327 g/mol. The predicted octanol–water partition coefficient (Wildman–Crippen LogP) is 3.56. The minimum absolute atomic E-state index is 0.202. The topological polar surface area (TPSA) is 62.0 Å².